The zero-order chi connectivity index (χ0) is 13.1. The first kappa shape index (κ1) is 13.9. The molecule has 18 heavy (non-hydrogen) atoms. The van der Waals surface area contributed by atoms with Crippen molar-refractivity contribution in [2.45, 2.75) is 65.0 Å². The highest BCUT2D eigenvalue weighted by Gasteiger charge is 2.41. The molecule has 3 heteroatoms. The average Bonchev–Trinajstić information content (AvgIpc) is 2.97. The Morgan fingerprint density at radius 3 is 2.61 bits per heavy atom. The second kappa shape index (κ2) is 6.05. The molecule has 2 bridgehead atoms. The molecule has 2 N–H and O–H groups in total. The van der Waals surface area contributed by atoms with Crippen LogP contribution in [-0.2, 0) is 4.79 Å². The van der Waals surface area contributed by atoms with E-state index in [1.807, 2.05) is 0 Å². The average molecular weight is 252 g/mol. The van der Waals surface area contributed by atoms with Gasteiger partial charge in [0.25, 0.3) is 0 Å². The molecule has 5 unspecified atom stereocenters. The van der Waals surface area contributed by atoms with Gasteiger partial charge in [0.2, 0.25) is 5.91 Å². The van der Waals surface area contributed by atoms with Crippen molar-refractivity contribution in [2.24, 2.45) is 17.8 Å². The lowest BCUT2D eigenvalue weighted by molar-refractivity contribution is -0.121. The lowest BCUT2D eigenvalue weighted by Gasteiger charge is -2.28. The Labute approximate surface area is 111 Å². The van der Waals surface area contributed by atoms with Gasteiger partial charge in [-0.1, -0.05) is 13.3 Å². The predicted molar refractivity (Wildman–Crippen MR) is 74.3 cm³/mol. The molecule has 0 radical (unpaired) electrons. The van der Waals surface area contributed by atoms with Crippen LogP contribution in [0.15, 0.2) is 0 Å². The molecular weight excluding hydrogens is 224 g/mol. The minimum atomic E-state index is 0.138. The van der Waals surface area contributed by atoms with Crippen LogP contribution in [0.5, 0.6) is 0 Å². The number of nitrogens with one attached hydrogen (secondary N) is 2. The topological polar surface area (TPSA) is 41.1 Å². The number of rotatable bonds is 6. The summed E-state index contributed by atoms with van der Waals surface area (Å²) in [5.41, 5.74) is 0. The van der Waals surface area contributed by atoms with Gasteiger partial charge in [0.1, 0.15) is 0 Å². The molecule has 0 heterocycles. The lowest BCUT2D eigenvalue weighted by Crippen LogP contribution is -2.44. The summed E-state index contributed by atoms with van der Waals surface area (Å²) in [7, 11) is 0. The van der Waals surface area contributed by atoms with Crippen LogP contribution in [0.2, 0.25) is 0 Å². The summed E-state index contributed by atoms with van der Waals surface area (Å²) in [5, 5.41) is 6.43. The van der Waals surface area contributed by atoms with Crippen molar-refractivity contribution in [3.8, 4) is 0 Å². The van der Waals surface area contributed by atoms with Crippen LogP contribution in [0.25, 0.3) is 0 Å². The fraction of sp³-hybridized carbons (Fsp3) is 0.933. The molecule has 0 saturated heterocycles. The van der Waals surface area contributed by atoms with Crippen molar-refractivity contribution in [3.63, 3.8) is 0 Å². The predicted octanol–water partition coefficient (Wildman–Crippen LogP) is 2.32. The minimum Gasteiger partial charge on any atom is -0.353 e. The summed E-state index contributed by atoms with van der Waals surface area (Å²) in [6.07, 6.45) is 6.68. The molecule has 2 fully saturated rings. The van der Waals surface area contributed by atoms with Gasteiger partial charge in [-0.2, -0.15) is 0 Å². The van der Waals surface area contributed by atoms with Gasteiger partial charge in [-0.15, -0.1) is 0 Å². The van der Waals surface area contributed by atoms with Crippen molar-refractivity contribution in [1.82, 2.24) is 10.6 Å². The van der Waals surface area contributed by atoms with E-state index in [-0.39, 0.29) is 11.9 Å². The van der Waals surface area contributed by atoms with Crippen LogP contribution in [0.4, 0.5) is 0 Å². The Hall–Kier alpha value is -0.570. The summed E-state index contributed by atoms with van der Waals surface area (Å²) in [5.74, 6) is 2.85. The first-order valence-corrected chi connectivity index (χ1v) is 7.62. The van der Waals surface area contributed by atoms with Gasteiger partial charge in [-0.3, -0.25) is 4.79 Å². The number of fused-ring (bicyclic) bond motifs is 2. The summed E-state index contributed by atoms with van der Waals surface area (Å²) in [6.45, 7) is 6.87. The van der Waals surface area contributed by atoms with E-state index in [0.717, 1.165) is 24.2 Å². The lowest BCUT2D eigenvalue weighted by atomic mass is 9.84. The van der Waals surface area contributed by atoms with E-state index in [0.29, 0.717) is 12.6 Å². The summed E-state index contributed by atoms with van der Waals surface area (Å²) in [4.78, 5) is 11.7. The van der Waals surface area contributed by atoms with E-state index in [1.165, 1.54) is 25.7 Å². The van der Waals surface area contributed by atoms with Crippen molar-refractivity contribution in [3.05, 3.63) is 0 Å². The van der Waals surface area contributed by atoms with Crippen LogP contribution >= 0.6 is 0 Å². The van der Waals surface area contributed by atoms with Crippen LogP contribution in [-0.4, -0.2) is 24.5 Å². The van der Waals surface area contributed by atoms with Crippen LogP contribution in [0, 0.1) is 17.8 Å². The van der Waals surface area contributed by atoms with Crippen LogP contribution in [0.3, 0.4) is 0 Å². The van der Waals surface area contributed by atoms with E-state index in [2.05, 4.69) is 31.4 Å². The molecule has 5 atom stereocenters. The standard InChI is InChI=1S/C15H28N2O/c1-4-10(2)17-15(18)9-16-11(3)14-8-12-5-6-13(14)7-12/h10-14,16H,4-9H2,1-3H3,(H,17,18). The quantitative estimate of drug-likeness (QED) is 0.761. The second-order valence-electron chi connectivity index (χ2n) is 6.39. The smallest absolute Gasteiger partial charge is 0.234 e. The fourth-order valence-electron chi connectivity index (χ4n) is 3.74. The molecular formula is C15H28N2O. The monoisotopic (exact) mass is 252 g/mol. The molecule has 0 aromatic heterocycles. The second-order valence-corrected chi connectivity index (χ2v) is 6.39. The Bertz CT molecular complexity index is 292. The van der Waals surface area contributed by atoms with Crippen molar-refractivity contribution in [1.29, 1.82) is 0 Å². The van der Waals surface area contributed by atoms with Gasteiger partial charge in [0.05, 0.1) is 6.54 Å². The molecule has 2 rings (SSSR count). The molecule has 0 aromatic carbocycles. The maximum absolute atomic E-state index is 11.7. The summed E-state index contributed by atoms with van der Waals surface area (Å²) >= 11 is 0. The zero-order valence-corrected chi connectivity index (χ0v) is 12.0. The molecule has 2 saturated carbocycles. The number of hydrogen-bond donors (Lipinski definition) is 2. The highest BCUT2D eigenvalue weighted by molar-refractivity contribution is 5.78. The fourth-order valence-corrected chi connectivity index (χ4v) is 3.74. The highest BCUT2D eigenvalue weighted by atomic mass is 16.1. The van der Waals surface area contributed by atoms with E-state index < -0.39 is 0 Å². The van der Waals surface area contributed by atoms with Gasteiger partial charge in [0, 0.05) is 12.1 Å². The molecule has 0 aromatic rings. The largest absolute Gasteiger partial charge is 0.353 e. The molecule has 2 aliphatic carbocycles. The third-order valence-electron chi connectivity index (χ3n) is 5.04. The number of carbonyl (C=O) groups is 1. The van der Waals surface area contributed by atoms with Crippen molar-refractivity contribution in [2.75, 3.05) is 6.54 Å². The Morgan fingerprint density at radius 2 is 2.06 bits per heavy atom. The molecule has 0 spiro atoms. The molecule has 0 aliphatic heterocycles. The van der Waals surface area contributed by atoms with E-state index in [1.54, 1.807) is 0 Å². The van der Waals surface area contributed by atoms with Gasteiger partial charge in [0.15, 0.2) is 0 Å². The first-order valence-electron chi connectivity index (χ1n) is 7.62. The maximum atomic E-state index is 11.7. The molecule has 1 amide bonds. The minimum absolute atomic E-state index is 0.138. The highest BCUT2D eigenvalue weighted by Crippen LogP contribution is 2.49. The number of carbonyl (C=O) groups excluding carboxylic acids is 1. The summed E-state index contributed by atoms with van der Waals surface area (Å²) < 4.78 is 0. The third kappa shape index (κ3) is 3.25. The van der Waals surface area contributed by atoms with Gasteiger partial charge in [-0.05, 0) is 57.3 Å². The molecule has 3 nitrogen and oxygen atoms in total. The summed E-state index contributed by atoms with van der Waals surface area (Å²) in [6, 6.07) is 0.778. The third-order valence-corrected chi connectivity index (χ3v) is 5.04. The first-order chi connectivity index (χ1) is 8.60. The number of hydrogen-bond acceptors (Lipinski definition) is 2. The Balaban J connectivity index is 1.68. The normalized spacial score (nSPS) is 33.4. The van der Waals surface area contributed by atoms with Gasteiger partial charge < -0.3 is 10.6 Å². The Kier molecular flexibility index (Phi) is 4.66. The Morgan fingerprint density at radius 1 is 1.28 bits per heavy atom. The van der Waals surface area contributed by atoms with E-state index in [9.17, 15) is 4.79 Å². The van der Waals surface area contributed by atoms with E-state index in [4.69, 9.17) is 0 Å². The van der Waals surface area contributed by atoms with Gasteiger partial charge >= 0.3 is 0 Å². The molecule has 104 valence electrons. The number of amides is 1. The van der Waals surface area contributed by atoms with Crippen molar-refractivity contribution < 1.29 is 4.79 Å². The van der Waals surface area contributed by atoms with Crippen molar-refractivity contribution >= 4 is 5.91 Å². The van der Waals surface area contributed by atoms with E-state index >= 15 is 0 Å². The molecule has 2 aliphatic rings. The van der Waals surface area contributed by atoms with Gasteiger partial charge in [-0.25, -0.2) is 0 Å². The zero-order valence-electron chi connectivity index (χ0n) is 12.0. The SMILES string of the molecule is CCC(C)NC(=O)CNC(C)C1CC2CCC1C2. The van der Waals surface area contributed by atoms with Crippen LogP contribution < -0.4 is 10.6 Å². The maximum Gasteiger partial charge on any atom is 0.234 e. The van der Waals surface area contributed by atoms with Crippen LogP contribution in [0.1, 0.15) is 52.9 Å².